The molecule has 1 atom stereocenters. The van der Waals surface area contributed by atoms with Gasteiger partial charge in [0.1, 0.15) is 6.54 Å². The zero-order valence-electron chi connectivity index (χ0n) is 12.8. The number of hydroxylamine groups is 1. The molecule has 24 heavy (non-hydrogen) atoms. The van der Waals surface area contributed by atoms with E-state index in [0.29, 0.717) is 31.2 Å². The number of aryl methyl sites for hydroxylation is 1. The van der Waals surface area contributed by atoms with Gasteiger partial charge in [-0.1, -0.05) is 6.07 Å². The van der Waals surface area contributed by atoms with Crippen molar-refractivity contribution < 1.29 is 28.0 Å². The Bertz CT molecular complexity index is 690. The molecule has 1 heterocycles. The molecule has 5 nitrogen and oxygen atoms in total. The number of benzene rings is 1. The average Bonchev–Trinajstić information content (AvgIpc) is 2.81. The van der Waals surface area contributed by atoms with E-state index in [0.717, 1.165) is 16.0 Å². The molecule has 3 rings (SSSR count). The molecule has 2 N–H and O–H groups in total. The normalized spacial score (nSPS) is 23.5. The van der Waals surface area contributed by atoms with Crippen molar-refractivity contribution in [3.63, 3.8) is 0 Å². The topological polar surface area (TPSA) is 69.6 Å². The van der Waals surface area contributed by atoms with E-state index in [-0.39, 0.29) is 6.54 Å². The highest BCUT2D eigenvalue weighted by Gasteiger charge is 2.50. The van der Waals surface area contributed by atoms with Crippen molar-refractivity contribution in [1.29, 1.82) is 0 Å². The quantitative estimate of drug-likeness (QED) is 0.639. The van der Waals surface area contributed by atoms with Gasteiger partial charge in [0.15, 0.2) is 0 Å². The summed E-state index contributed by atoms with van der Waals surface area (Å²) in [4.78, 5) is 24.9. The molecule has 0 saturated carbocycles. The molecule has 8 heteroatoms. The van der Waals surface area contributed by atoms with Crippen LogP contribution in [0.2, 0.25) is 0 Å². The van der Waals surface area contributed by atoms with E-state index in [1.165, 1.54) is 6.07 Å². The van der Waals surface area contributed by atoms with Gasteiger partial charge in [-0.05, 0) is 48.9 Å². The van der Waals surface area contributed by atoms with Crippen molar-refractivity contribution in [3.8, 4) is 0 Å². The van der Waals surface area contributed by atoms with Crippen molar-refractivity contribution in [2.45, 2.75) is 31.9 Å². The van der Waals surface area contributed by atoms with Crippen molar-refractivity contribution in [1.82, 2.24) is 10.4 Å². The zero-order chi connectivity index (χ0) is 17.5. The summed E-state index contributed by atoms with van der Waals surface area (Å²) in [5, 5.41) is 8.67. The summed E-state index contributed by atoms with van der Waals surface area (Å²) in [7, 11) is 0. The van der Waals surface area contributed by atoms with Crippen molar-refractivity contribution in [2.24, 2.45) is 5.41 Å². The fraction of sp³-hybridized carbons (Fsp3) is 0.500. The minimum absolute atomic E-state index is 0.124. The predicted octanol–water partition coefficient (Wildman–Crippen LogP) is 2.08. The Labute approximate surface area is 136 Å². The van der Waals surface area contributed by atoms with Gasteiger partial charge in [0.05, 0.1) is 5.41 Å². The second-order valence-electron chi connectivity index (χ2n) is 6.47. The van der Waals surface area contributed by atoms with Gasteiger partial charge in [0, 0.05) is 12.1 Å². The molecular weight excluding hydrogens is 325 g/mol. The number of nitrogens with zero attached hydrogens (tertiary/aromatic N) is 1. The molecule has 0 unspecified atom stereocenters. The number of amides is 2. The Morgan fingerprint density at radius 2 is 2.04 bits per heavy atom. The van der Waals surface area contributed by atoms with E-state index in [1.54, 1.807) is 17.6 Å². The summed E-state index contributed by atoms with van der Waals surface area (Å²) in [6.07, 6.45) is -2.60. The number of alkyl halides is 3. The zero-order valence-corrected chi connectivity index (χ0v) is 12.8. The molecular formula is C16H17F3N2O3. The summed E-state index contributed by atoms with van der Waals surface area (Å²) in [5.74, 6) is -1.05. The van der Waals surface area contributed by atoms with E-state index in [2.05, 4.69) is 0 Å². The summed E-state index contributed by atoms with van der Waals surface area (Å²) >= 11 is 0. The molecule has 1 saturated heterocycles. The number of carbonyl (C=O) groups excluding carboxylic acids is 2. The van der Waals surface area contributed by atoms with Gasteiger partial charge in [0.2, 0.25) is 5.91 Å². The third kappa shape index (κ3) is 2.98. The average molecular weight is 342 g/mol. The third-order valence-corrected chi connectivity index (χ3v) is 4.94. The molecule has 2 amide bonds. The highest BCUT2D eigenvalue weighted by atomic mass is 19.4. The number of likely N-dealkylation sites (tertiary alicyclic amines) is 1. The molecule has 0 aromatic heterocycles. The first-order chi connectivity index (χ1) is 11.2. The first kappa shape index (κ1) is 16.8. The highest BCUT2D eigenvalue weighted by Crippen LogP contribution is 2.44. The van der Waals surface area contributed by atoms with E-state index in [4.69, 9.17) is 5.21 Å². The van der Waals surface area contributed by atoms with Gasteiger partial charge < -0.3 is 4.90 Å². The van der Waals surface area contributed by atoms with Gasteiger partial charge in [-0.25, -0.2) is 5.48 Å². The van der Waals surface area contributed by atoms with Crippen LogP contribution in [0, 0.1) is 5.41 Å². The van der Waals surface area contributed by atoms with Crippen LogP contribution in [0.4, 0.5) is 13.2 Å². The van der Waals surface area contributed by atoms with E-state index < -0.39 is 30.0 Å². The first-order valence-electron chi connectivity index (χ1n) is 7.66. The lowest BCUT2D eigenvalue weighted by molar-refractivity contribution is -0.161. The maximum Gasteiger partial charge on any atom is 0.406 e. The molecule has 1 aliphatic carbocycles. The molecule has 2 aliphatic rings. The van der Waals surface area contributed by atoms with Gasteiger partial charge >= 0.3 is 6.18 Å². The van der Waals surface area contributed by atoms with Crippen LogP contribution >= 0.6 is 0 Å². The molecule has 1 aliphatic heterocycles. The third-order valence-electron chi connectivity index (χ3n) is 4.94. The largest absolute Gasteiger partial charge is 0.406 e. The van der Waals surface area contributed by atoms with E-state index in [1.807, 2.05) is 0 Å². The second-order valence-corrected chi connectivity index (χ2v) is 6.47. The van der Waals surface area contributed by atoms with Gasteiger partial charge in [-0.3, -0.25) is 14.8 Å². The van der Waals surface area contributed by atoms with E-state index in [9.17, 15) is 22.8 Å². The lowest BCUT2D eigenvalue weighted by atomic mass is 9.70. The van der Waals surface area contributed by atoms with Crippen LogP contribution in [0.5, 0.6) is 0 Å². The van der Waals surface area contributed by atoms with Crippen LogP contribution in [-0.4, -0.2) is 41.2 Å². The number of rotatable bonds is 2. The molecule has 1 aromatic carbocycles. The summed E-state index contributed by atoms with van der Waals surface area (Å²) in [6.45, 7) is -1.07. The number of fused-ring (bicyclic) bond motifs is 1. The number of carbonyl (C=O) groups is 2. The van der Waals surface area contributed by atoms with Gasteiger partial charge in [0.25, 0.3) is 5.91 Å². The molecule has 0 bridgehead atoms. The SMILES string of the molecule is O=C(NO)c1ccc2c(c1)CC[C@@]1(CCN(CC(F)(F)F)C1=O)C2. The lowest BCUT2D eigenvalue weighted by Crippen LogP contribution is -2.42. The van der Waals surface area contributed by atoms with Crippen LogP contribution in [0.15, 0.2) is 18.2 Å². The van der Waals surface area contributed by atoms with Crippen molar-refractivity contribution in [3.05, 3.63) is 34.9 Å². The fourth-order valence-corrected chi connectivity index (χ4v) is 3.72. The number of hydrogen-bond donors (Lipinski definition) is 2. The molecule has 1 fully saturated rings. The van der Waals surface area contributed by atoms with Crippen LogP contribution in [0.1, 0.15) is 34.3 Å². The first-order valence-corrected chi connectivity index (χ1v) is 7.66. The maximum atomic E-state index is 12.6. The minimum atomic E-state index is -4.39. The number of nitrogens with one attached hydrogen (secondary N) is 1. The smallest absolute Gasteiger partial charge is 0.333 e. The summed E-state index contributed by atoms with van der Waals surface area (Å²) in [5.41, 5.74) is 2.87. The number of hydrogen-bond acceptors (Lipinski definition) is 3. The second kappa shape index (κ2) is 5.77. The molecule has 1 aromatic rings. The predicted molar refractivity (Wildman–Crippen MR) is 77.4 cm³/mol. The Kier molecular flexibility index (Phi) is 4.03. The maximum absolute atomic E-state index is 12.6. The number of halogens is 3. The standard InChI is InChI=1S/C16H17F3N2O3/c17-16(18,19)9-21-6-5-15(14(21)23)4-3-10-7-11(13(22)20-24)1-2-12(10)8-15/h1-2,7,24H,3-6,8-9H2,(H,20,22)/t15-/m1/s1. The van der Waals surface area contributed by atoms with E-state index >= 15 is 0 Å². The van der Waals surface area contributed by atoms with Crippen LogP contribution in [-0.2, 0) is 17.6 Å². The summed E-state index contributed by atoms with van der Waals surface area (Å²) < 4.78 is 37.7. The molecule has 130 valence electrons. The monoisotopic (exact) mass is 342 g/mol. The lowest BCUT2D eigenvalue weighted by Gasteiger charge is -2.33. The molecule has 1 spiro atoms. The van der Waals surface area contributed by atoms with Crippen LogP contribution in [0.3, 0.4) is 0 Å². The molecule has 0 radical (unpaired) electrons. The van der Waals surface area contributed by atoms with Crippen molar-refractivity contribution in [2.75, 3.05) is 13.1 Å². The fourth-order valence-electron chi connectivity index (χ4n) is 3.72. The van der Waals surface area contributed by atoms with Crippen LogP contribution in [0.25, 0.3) is 0 Å². The Hall–Kier alpha value is -2.09. The van der Waals surface area contributed by atoms with Crippen LogP contribution < -0.4 is 5.48 Å². The highest BCUT2D eigenvalue weighted by molar-refractivity contribution is 5.93. The summed E-state index contributed by atoms with van der Waals surface area (Å²) in [6, 6.07) is 4.90. The Morgan fingerprint density at radius 3 is 2.71 bits per heavy atom. The van der Waals surface area contributed by atoms with Gasteiger partial charge in [-0.15, -0.1) is 0 Å². The van der Waals surface area contributed by atoms with Gasteiger partial charge in [-0.2, -0.15) is 13.2 Å². The Balaban J connectivity index is 1.80. The minimum Gasteiger partial charge on any atom is -0.333 e. The Morgan fingerprint density at radius 1 is 1.29 bits per heavy atom. The van der Waals surface area contributed by atoms with Crippen molar-refractivity contribution >= 4 is 11.8 Å².